The summed E-state index contributed by atoms with van der Waals surface area (Å²) in [6.45, 7) is 8.19. The molecule has 0 aromatic carbocycles. The van der Waals surface area contributed by atoms with Crippen molar-refractivity contribution in [3.05, 3.63) is 12.2 Å². The molecule has 1 aliphatic rings. The van der Waals surface area contributed by atoms with Gasteiger partial charge in [0.15, 0.2) is 0 Å². The lowest BCUT2D eigenvalue weighted by molar-refractivity contribution is 0.298. The standard InChI is InChI=1S/C11H21N5/c1-9(2)16-11(13-8-14-16)7-15-4-3-10(5-12)6-15/h8-10H,3-7,12H2,1-2H3. The van der Waals surface area contributed by atoms with Crippen LogP contribution >= 0.6 is 0 Å². The zero-order valence-corrected chi connectivity index (χ0v) is 10.1. The maximum absolute atomic E-state index is 5.69. The summed E-state index contributed by atoms with van der Waals surface area (Å²) in [6, 6.07) is 0.380. The van der Waals surface area contributed by atoms with Gasteiger partial charge in [-0.05, 0) is 39.3 Å². The Morgan fingerprint density at radius 1 is 1.56 bits per heavy atom. The number of likely N-dealkylation sites (tertiary alicyclic amines) is 1. The van der Waals surface area contributed by atoms with Gasteiger partial charge < -0.3 is 5.73 Å². The fraction of sp³-hybridized carbons (Fsp3) is 0.818. The Bertz CT molecular complexity index is 333. The summed E-state index contributed by atoms with van der Waals surface area (Å²) in [7, 11) is 0. The number of aromatic nitrogens is 3. The van der Waals surface area contributed by atoms with Crippen LogP contribution in [0.1, 0.15) is 32.1 Å². The minimum atomic E-state index is 0.380. The van der Waals surface area contributed by atoms with Crippen LogP contribution in [0.2, 0.25) is 0 Å². The van der Waals surface area contributed by atoms with E-state index in [9.17, 15) is 0 Å². The van der Waals surface area contributed by atoms with Crippen molar-refractivity contribution in [2.75, 3.05) is 19.6 Å². The highest BCUT2D eigenvalue weighted by molar-refractivity contribution is 4.89. The first-order valence-electron chi connectivity index (χ1n) is 6.01. The summed E-state index contributed by atoms with van der Waals surface area (Å²) in [4.78, 5) is 6.75. The largest absolute Gasteiger partial charge is 0.330 e. The van der Waals surface area contributed by atoms with Crippen LogP contribution in [0.25, 0.3) is 0 Å². The second-order valence-corrected chi connectivity index (χ2v) is 4.84. The molecule has 0 aliphatic carbocycles. The van der Waals surface area contributed by atoms with Crippen molar-refractivity contribution >= 4 is 0 Å². The molecule has 0 bridgehead atoms. The van der Waals surface area contributed by atoms with Gasteiger partial charge in [-0.15, -0.1) is 0 Å². The van der Waals surface area contributed by atoms with Crippen molar-refractivity contribution in [3.63, 3.8) is 0 Å². The van der Waals surface area contributed by atoms with Gasteiger partial charge in [0, 0.05) is 12.6 Å². The average molecular weight is 223 g/mol. The fourth-order valence-corrected chi connectivity index (χ4v) is 2.27. The Balaban J connectivity index is 1.96. The molecule has 1 aromatic rings. The molecule has 1 aliphatic heterocycles. The summed E-state index contributed by atoms with van der Waals surface area (Å²) in [5.41, 5.74) is 5.69. The van der Waals surface area contributed by atoms with Crippen LogP contribution in [0, 0.1) is 5.92 Å². The zero-order chi connectivity index (χ0) is 11.5. The van der Waals surface area contributed by atoms with E-state index < -0.39 is 0 Å². The number of nitrogens with two attached hydrogens (primary N) is 1. The monoisotopic (exact) mass is 223 g/mol. The van der Waals surface area contributed by atoms with Gasteiger partial charge in [-0.25, -0.2) is 9.67 Å². The average Bonchev–Trinajstić information content (AvgIpc) is 2.87. The van der Waals surface area contributed by atoms with Gasteiger partial charge in [-0.1, -0.05) is 0 Å². The molecule has 1 atom stereocenters. The van der Waals surface area contributed by atoms with Crippen LogP contribution in [0.15, 0.2) is 6.33 Å². The molecule has 0 amide bonds. The van der Waals surface area contributed by atoms with Crippen LogP contribution in [-0.2, 0) is 6.54 Å². The van der Waals surface area contributed by atoms with Gasteiger partial charge in [-0.3, -0.25) is 4.90 Å². The van der Waals surface area contributed by atoms with Crippen LogP contribution in [0.5, 0.6) is 0 Å². The molecular formula is C11H21N5. The van der Waals surface area contributed by atoms with Gasteiger partial charge in [0.2, 0.25) is 0 Å². The molecule has 1 fully saturated rings. The predicted molar refractivity (Wildman–Crippen MR) is 62.8 cm³/mol. The molecule has 0 spiro atoms. The van der Waals surface area contributed by atoms with Gasteiger partial charge in [0.05, 0.1) is 6.54 Å². The van der Waals surface area contributed by atoms with E-state index in [2.05, 4.69) is 28.8 Å². The van der Waals surface area contributed by atoms with E-state index in [4.69, 9.17) is 5.73 Å². The number of nitrogens with zero attached hydrogens (tertiary/aromatic N) is 4. The third kappa shape index (κ3) is 2.41. The third-order valence-corrected chi connectivity index (χ3v) is 3.20. The predicted octanol–water partition coefficient (Wildman–Crippen LogP) is 0.640. The van der Waals surface area contributed by atoms with E-state index in [-0.39, 0.29) is 0 Å². The van der Waals surface area contributed by atoms with Gasteiger partial charge in [0.25, 0.3) is 0 Å². The summed E-state index contributed by atoms with van der Waals surface area (Å²) < 4.78 is 2.00. The lowest BCUT2D eigenvalue weighted by Gasteiger charge is -2.16. The molecule has 2 N–H and O–H groups in total. The first-order chi connectivity index (χ1) is 7.70. The molecule has 2 heterocycles. The molecular weight excluding hydrogens is 202 g/mol. The zero-order valence-electron chi connectivity index (χ0n) is 10.1. The van der Waals surface area contributed by atoms with Crippen molar-refractivity contribution < 1.29 is 0 Å². The molecule has 1 aromatic heterocycles. The summed E-state index contributed by atoms with van der Waals surface area (Å²) in [5.74, 6) is 1.73. The van der Waals surface area contributed by atoms with Crippen molar-refractivity contribution in [1.82, 2.24) is 19.7 Å². The topological polar surface area (TPSA) is 60.0 Å². The van der Waals surface area contributed by atoms with Crippen molar-refractivity contribution in [2.45, 2.75) is 32.9 Å². The quantitative estimate of drug-likeness (QED) is 0.813. The van der Waals surface area contributed by atoms with Gasteiger partial charge in [-0.2, -0.15) is 5.10 Å². The molecule has 1 saturated heterocycles. The molecule has 5 heteroatoms. The van der Waals surface area contributed by atoms with E-state index in [0.717, 1.165) is 32.0 Å². The molecule has 0 radical (unpaired) electrons. The van der Waals surface area contributed by atoms with E-state index in [1.54, 1.807) is 6.33 Å². The molecule has 0 saturated carbocycles. The van der Waals surface area contributed by atoms with Crippen LogP contribution in [0.4, 0.5) is 0 Å². The van der Waals surface area contributed by atoms with Crippen LogP contribution < -0.4 is 5.73 Å². The van der Waals surface area contributed by atoms with Crippen molar-refractivity contribution in [3.8, 4) is 0 Å². The Morgan fingerprint density at radius 2 is 2.38 bits per heavy atom. The second kappa shape index (κ2) is 4.93. The van der Waals surface area contributed by atoms with E-state index in [1.807, 2.05) is 4.68 Å². The highest BCUT2D eigenvalue weighted by Crippen LogP contribution is 2.17. The van der Waals surface area contributed by atoms with Crippen molar-refractivity contribution in [2.24, 2.45) is 11.7 Å². The summed E-state index contributed by atoms with van der Waals surface area (Å²) in [5, 5.41) is 4.25. The molecule has 90 valence electrons. The van der Waals surface area contributed by atoms with Gasteiger partial charge >= 0.3 is 0 Å². The SMILES string of the molecule is CC(C)n1ncnc1CN1CCC(CN)C1. The molecule has 5 nitrogen and oxygen atoms in total. The van der Waals surface area contributed by atoms with Crippen molar-refractivity contribution in [1.29, 1.82) is 0 Å². The normalized spacial score (nSPS) is 22.1. The summed E-state index contributed by atoms with van der Waals surface area (Å²) in [6.07, 6.45) is 2.86. The maximum Gasteiger partial charge on any atom is 0.141 e. The van der Waals surface area contributed by atoms with E-state index in [1.165, 1.54) is 6.42 Å². The molecule has 2 rings (SSSR count). The minimum Gasteiger partial charge on any atom is -0.330 e. The smallest absolute Gasteiger partial charge is 0.141 e. The first-order valence-corrected chi connectivity index (χ1v) is 6.01. The Morgan fingerprint density at radius 3 is 3.00 bits per heavy atom. The molecule has 1 unspecified atom stereocenters. The van der Waals surface area contributed by atoms with Crippen LogP contribution in [0.3, 0.4) is 0 Å². The molecule has 16 heavy (non-hydrogen) atoms. The first kappa shape index (κ1) is 11.5. The van der Waals surface area contributed by atoms with E-state index >= 15 is 0 Å². The lowest BCUT2D eigenvalue weighted by atomic mass is 10.1. The Kier molecular flexibility index (Phi) is 3.56. The van der Waals surface area contributed by atoms with Gasteiger partial charge in [0.1, 0.15) is 12.2 Å². The third-order valence-electron chi connectivity index (χ3n) is 3.20. The Hall–Kier alpha value is -0.940. The fourth-order valence-electron chi connectivity index (χ4n) is 2.27. The minimum absolute atomic E-state index is 0.380. The maximum atomic E-state index is 5.69. The van der Waals surface area contributed by atoms with E-state index in [0.29, 0.717) is 12.0 Å². The van der Waals surface area contributed by atoms with Crippen LogP contribution in [-0.4, -0.2) is 39.3 Å². The lowest BCUT2D eigenvalue weighted by Crippen LogP contribution is -2.25. The Labute approximate surface area is 96.6 Å². The highest BCUT2D eigenvalue weighted by atomic mass is 15.4. The highest BCUT2D eigenvalue weighted by Gasteiger charge is 2.22. The number of hydrogen-bond acceptors (Lipinski definition) is 4. The number of rotatable bonds is 4. The number of hydrogen-bond donors (Lipinski definition) is 1. The summed E-state index contributed by atoms with van der Waals surface area (Å²) >= 11 is 0. The second-order valence-electron chi connectivity index (χ2n) is 4.84.